The lowest BCUT2D eigenvalue weighted by molar-refractivity contribution is 0.0702. The van der Waals surface area contributed by atoms with Crippen molar-refractivity contribution in [1.82, 2.24) is 4.90 Å². The zero-order valence-corrected chi connectivity index (χ0v) is 14.1. The van der Waals surface area contributed by atoms with Crippen molar-refractivity contribution in [2.45, 2.75) is 51.0 Å². The van der Waals surface area contributed by atoms with E-state index in [0.29, 0.717) is 5.56 Å². The third-order valence-electron chi connectivity index (χ3n) is 3.42. The van der Waals surface area contributed by atoms with Crippen molar-refractivity contribution in [1.29, 1.82) is 0 Å². The van der Waals surface area contributed by atoms with Gasteiger partial charge in [0.15, 0.2) is 9.84 Å². The number of hydrogen-bond acceptors (Lipinski definition) is 3. The summed E-state index contributed by atoms with van der Waals surface area (Å²) in [6, 6.07) is 6.30. The normalized spacial score (nSPS) is 11.7. The molecule has 118 valence electrons. The van der Waals surface area contributed by atoms with E-state index in [-0.39, 0.29) is 16.8 Å². The van der Waals surface area contributed by atoms with Crippen molar-refractivity contribution in [3.8, 4) is 0 Å². The summed E-state index contributed by atoms with van der Waals surface area (Å²) in [5.74, 6) is -0.0406. The van der Waals surface area contributed by atoms with Gasteiger partial charge in [-0.25, -0.2) is 8.42 Å². The van der Waals surface area contributed by atoms with Crippen LogP contribution < -0.4 is 0 Å². The van der Waals surface area contributed by atoms with Gasteiger partial charge >= 0.3 is 0 Å². The average Bonchev–Trinajstić information content (AvgIpc) is 2.42. The molecule has 1 amide bonds. The molecule has 0 saturated carbocycles. The predicted molar refractivity (Wildman–Crippen MR) is 85.2 cm³/mol. The molecular weight excluding hydrogens is 286 g/mol. The molecule has 0 aliphatic carbocycles. The second kappa shape index (κ2) is 7.59. The maximum absolute atomic E-state index is 12.5. The van der Waals surface area contributed by atoms with Gasteiger partial charge in [-0.3, -0.25) is 4.79 Å². The van der Waals surface area contributed by atoms with Gasteiger partial charge in [-0.05, 0) is 44.5 Å². The van der Waals surface area contributed by atoms with Gasteiger partial charge in [0, 0.05) is 24.4 Å². The largest absolute Gasteiger partial charge is 0.336 e. The first-order valence-electron chi connectivity index (χ1n) is 7.38. The number of sulfone groups is 1. The predicted octanol–water partition coefficient (Wildman–Crippen LogP) is 3.13. The van der Waals surface area contributed by atoms with Gasteiger partial charge in [-0.15, -0.1) is 0 Å². The van der Waals surface area contributed by atoms with E-state index >= 15 is 0 Å². The van der Waals surface area contributed by atoms with Crippen LogP contribution in [0.15, 0.2) is 29.2 Å². The minimum Gasteiger partial charge on any atom is -0.336 e. The molecule has 1 aromatic carbocycles. The second-order valence-corrected chi connectivity index (χ2v) is 7.61. The number of hydrogen-bond donors (Lipinski definition) is 0. The Kier molecular flexibility index (Phi) is 6.40. The molecule has 1 rings (SSSR count). The lowest BCUT2D eigenvalue weighted by Gasteiger charge is -2.27. The smallest absolute Gasteiger partial charge is 0.254 e. The Morgan fingerprint density at radius 1 is 1.14 bits per heavy atom. The van der Waals surface area contributed by atoms with E-state index < -0.39 is 9.84 Å². The Balaban J connectivity index is 2.89. The molecule has 0 aliphatic rings. The van der Waals surface area contributed by atoms with Crippen LogP contribution in [0.1, 0.15) is 50.4 Å². The lowest BCUT2D eigenvalue weighted by atomic mass is 10.1. The summed E-state index contributed by atoms with van der Waals surface area (Å²) < 4.78 is 22.9. The monoisotopic (exact) mass is 311 g/mol. The van der Waals surface area contributed by atoms with Gasteiger partial charge < -0.3 is 4.90 Å². The van der Waals surface area contributed by atoms with Crippen molar-refractivity contribution in [2.75, 3.05) is 12.8 Å². The molecule has 0 N–H and O–H groups in total. The molecule has 4 nitrogen and oxygen atoms in total. The van der Waals surface area contributed by atoms with Crippen LogP contribution in [0.5, 0.6) is 0 Å². The molecule has 0 saturated heterocycles. The highest BCUT2D eigenvalue weighted by atomic mass is 32.2. The third kappa shape index (κ3) is 5.16. The zero-order valence-electron chi connectivity index (χ0n) is 13.3. The highest BCUT2D eigenvalue weighted by Crippen LogP contribution is 2.14. The number of amides is 1. The summed E-state index contributed by atoms with van der Waals surface area (Å²) in [7, 11) is -3.22. The summed E-state index contributed by atoms with van der Waals surface area (Å²) in [5, 5.41) is 0. The summed E-state index contributed by atoms with van der Waals surface area (Å²) in [4.78, 5) is 14.6. The summed E-state index contributed by atoms with van der Waals surface area (Å²) >= 11 is 0. The minimum atomic E-state index is -3.22. The molecule has 0 heterocycles. The molecule has 0 atom stereocenters. The highest BCUT2D eigenvalue weighted by molar-refractivity contribution is 7.90. The molecule has 0 bridgehead atoms. The maximum atomic E-state index is 12.5. The Morgan fingerprint density at radius 2 is 1.71 bits per heavy atom. The number of carbonyl (C=O) groups is 1. The number of rotatable bonds is 7. The molecule has 0 aliphatic heterocycles. The molecule has 0 aromatic heterocycles. The fraction of sp³-hybridized carbons (Fsp3) is 0.562. The van der Waals surface area contributed by atoms with Crippen molar-refractivity contribution in [2.24, 2.45) is 0 Å². The Morgan fingerprint density at radius 3 is 2.14 bits per heavy atom. The van der Waals surface area contributed by atoms with E-state index in [0.717, 1.165) is 32.1 Å². The van der Waals surface area contributed by atoms with Crippen LogP contribution >= 0.6 is 0 Å². The van der Waals surface area contributed by atoms with E-state index in [9.17, 15) is 13.2 Å². The minimum absolute atomic E-state index is 0.0406. The van der Waals surface area contributed by atoms with E-state index in [2.05, 4.69) is 6.92 Å². The lowest BCUT2D eigenvalue weighted by Crippen LogP contribution is -2.37. The van der Waals surface area contributed by atoms with Crippen LogP contribution in [-0.4, -0.2) is 38.1 Å². The third-order valence-corrected chi connectivity index (χ3v) is 4.54. The van der Waals surface area contributed by atoms with Crippen LogP contribution in [0, 0.1) is 0 Å². The first kappa shape index (κ1) is 17.7. The highest BCUT2D eigenvalue weighted by Gasteiger charge is 2.18. The molecule has 0 spiro atoms. The second-order valence-electron chi connectivity index (χ2n) is 5.60. The molecule has 5 heteroatoms. The molecule has 0 radical (unpaired) electrons. The summed E-state index contributed by atoms with van der Waals surface area (Å²) in [5.41, 5.74) is 0.535. The Labute approximate surface area is 128 Å². The van der Waals surface area contributed by atoms with Crippen LogP contribution in [0.25, 0.3) is 0 Å². The maximum Gasteiger partial charge on any atom is 0.254 e. The molecule has 21 heavy (non-hydrogen) atoms. The van der Waals surface area contributed by atoms with E-state index in [1.54, 1.807) is 12.1 Å². The standard InChI is InChI=1S/C16H25NO3S/c1-5-6-7-12-17(13(2)3)16(18)14-8-10-15(11-9-14)21(4,19)20/h8-11,13H,5-7,12H2,1-4H3. The van der Waals surface area contributed by atoms with Gasteiger partial charge in [0.1, 0.15) is 0 Å². The zero-order chi connectivity index (χ0) is 16.0. The number of unbranched alkanes of at least 4 members (excludes halogenated alkanes) is 2. The van der Waals surface area contributed by atoms with Gasteiger partial charge in [0.2, 0.25) is 0 Å². The van der Waals surface area contributed by atoms with Crippen molar-refractivity contribution >= 4 is 15.7 Å². The van der Waals surface area contributed by atoms with E-state index in [1.807, 2.05) is 18.7 Å². The average molecular weight is 311 g/mol. The molecule has 1 aromatic rings. The first-order valence-corrected chi connectivity index (χ1v) is 9.27. The van der Waals surface area contributed by atoms with Gasteiger partial charge in [-0.2, -0.15) is 0 Å². The van der Waals surface area contributed by atoms with Gasteiger partial charge in [0.05, 0.1) is 4.90 Å². The van der Waals surface area contributed by atoms with Crippen molar-refractivity contribution in [3.63, 3.8) is 0 Å². The Hall–Kier alpha value is -1.36. The van der Waals surface area contributed by atoms with Gasteiger partial charge in [0.25, 0.3) is 5.91 Å². The molecule has 0 unspecified atom stereocenters. The van der Waals surface area contributed by atoms with Crippen molar-refractivity contribution < 1.29 is 13.2 Å². The molecular formula is C16H25NO3S. The number of carbonyl (C=O) groups excluding carboxylic acids is 1. The number of benzene rings is 1. The number of nitrogens with zero attached hydrogens (tertiary/aromatic N) is 1. The van der Waals surface area contributed by atoms with Crippen molar-refractivity contribution in [3.05, 3.63) is 29.8 Å². The quantitative estimate of drug-likeness (QED) is 0.727. The van der Waals surface area contributed by atoms with E-state index in [4.69, 9.17) is 0 Å². The summed E-state index contributed by atoms with van der Waals surface area (Å²) in [6.45, 7) is 6.85. The van der Waals surface area contributed by atoms with Crippen LogP contribution in [0.4, 0.5) is 0 Å². The van der Waals surface area contributed by atoms with Gasteiger partial charge in [-0.1, -0.05) is 19.8 Å². The topological polar surface area (TPSA) is 54.5 Å². The van der Waals surface area contributed by atoms with Crippen LogP contribution in [0.2, 0.25) is 0 Å². The first-order chi connectivity index (χ1) is 9.77. The van der Waals surface area contributed by atoms with Crippen LogP contribution in [0.3, 0.4) is 0 Å². The van der Waals surface area contributed by atoms with E-state index in [1.165, 1.54) is 12.1 Å². The Bertz CT molecular complexity index is 562. The van der Waals surface area contributed by atoms with Crippen LogP contribution in [-0.2, 0) is 9.84 Å². The summed E-state index contributed by atoms with van der Waals surface area (Å²) in [6.07, 6.45) is 4.36. The SMILES string of the molecule is CCCCCN(C(=O)c1ccc(S(C)(=O)=O)cc1)C(C)C. The fourth-order valence-corrected chi connectivity index (χ4v) is 2.77. The fourth-order valence-electron chi connectivity index (χ4n) is 2.14. The molecule has 0 fully saturated rings.